The van der Waals surface area contributed by atoms with Crippen molar-refractivity contribution >= 4 is 81.9 Å². The molecular weight excluding hydrogens is 1060 g/mol. The summed E-state index contributed by atoms with van der Waals surface area (Å²) in [5.41, 5.74) is 0.708. The first kappa shape index (κ1) is 62.2. The Hall–Kier alpha value is -3.12. The number of hydrogen-bond donors (Lipinski definition) is 0. The second-order valence-corrected chi connectivity index (χ2v) is 20.8. The van der Waals surface area contributed by atoms with Crippen LogP contribution in [0.5, 0.6) is 0 Å². The van der Waals surface area contributed by atoms with E-state index in [1.54, 1.807) is 12.1 Å². The van der Waals surface area contributed by atoms with Crippen molar-refractivity contribution in [3.8, 4) is 12.1 Å². The van der Waals surface area contributed by atoms with Crippen LogP contribution in [0.1, 0.15) is 96.9 Å². The van der Waals surface area contributed by atoms with Crippen LogP contribution in [0.3, 0.4) is 0 Å². The average Bonchev–Trinajstić information content (AvgIpc) is 3.88. The van der Waals surface area contributed by atoms with Gasteiger partial charge in [0.05, 0.1) is 12.1 Å². The molecule has 6 aromatic rings. The third-order valence-electron chi connectivity index (χ3n) is 7.34. The molecule has 4 aromatic carbocycles. The van der Waals surface area contributed by atoms with Gasteiger partial charge >= 0.3 is 220 Å². The molecule has 2 heterocycles. The average molecular weight is 1120 g/mol. The van der Waals surface area contributed by atoms with Gasteiger partial charge in [-0.15, -0.1) is 0 Å². The number of nitrogens with zero attached hydrogens (tertiary/aromatic N) is 6. The Morgan fingerprint density at radius 2 is 0.590 bits per heavy atom. The van der Waals surface area contributed by atoms with Crippen molar-refractivity contribution in [3.63, 3.8) is 0 Å². The van der Waals surface area contributed by atoms with E-state index < -0.39 is 0 Å². The zero-order valence-corrected chi connectivity index (χ0v) is 46.6. The number of imidazole rings is 2. The van der Waals surface area contributed by atoms with Gasteiger partial charge < -0.3 is 0 Å². The van der Waals surface area contributed by atoms with E-state index in [4.69, 9.17) is 10.5 Å². The summed E-state index contributed by atoms with van der Waals surface area (Å²) < 4.78 is 13.7. The molecule has 6 nitrogen and oxygen atoms in total. The summed E-state index contributed by atoms with van der Waals surface area (Å²) in [5.74, 6) is 0. The second-order valence-electron chi connectivity index (χ2n) is 16.8. The Balaban J connectivity index is -0.000000655. The van der Waals surface area contributed by atoms with Gasteiger partial charge in [-0.05, 0) is 83.1 Å². The van der Waals surface area contributed by atoms with Gasteiger partial charge in [-0.1, -0.05) is 0 Å². The molecule has 0 bridgehead atoms. The van der Waals surface area contributed by atoms with Crippen molar-refractivity contribution in [2.45, 2.75) is 119 Å². The standard InChI is InChI=1S/2C11H21N2.4C6H6Se.2C2H3N.Fe/c2*1-10(2,3)12-7-8-13(9-12)11(4,5)6;4*7-6-4-2-1-3-5-6;2*1-2-3;/h2*7-9H,1-6H3;4*1-5,7H;2*1H3;/q2*+1;;;;;;;+2/p-4. The Labute approximate surface area is 414 Å². The Morgan fingerprint density at radius 1 is 0.410 bits per heavy atom. The summed E-state index contributed by atoms with van der Waals surface area (Å²) >= 11 is 11.6. The summed E-state index contributed by atoms with van der Waals surface area (Å²) in [5, 5.41) is 14.6. The molecule has 0 saturated heterocycles. The summed E-state index contributed by atoms with van der Waals surface area (Å²) in [6.07, 6.45) is 12.9. The maximum absolute atomic E-state index is 7.32. The molecule has 0 radical (unpaired) electrons. The summed E-state index contributed by atoms with van der Waals surface area (Å²) in [6.45, 7) is 29.4. The van der Waals surface area contributed by atoms with Crippen molar-refractivity contribution in [1.82, 2.24) is 9.13 Å². The number of rotatable bonds is 0. The zero-order chi connectivity index (χ0) is 46.4. The van der Waals surface area contributed by atoms with Gasteiger partial charge in [0, 0.05) is 13.8 Å². The summed E-state index contributed by atoms with van der Waals surface area (Å²) in [4.78, 5) is 0. The number of benzene rings is 4. The van der Waals surface area contributed by atoms with E-state index in [-0.39, 0.29) is 39.2 Å². The molecule has 0 amide bonds. The second kappa shape index (κ2) is 33.4. The van der Waals surface area contributed by atoms with Gasteiger partial charge in [0.25, 0.3) is 0 Å². The molecule has 61 heavy (non-hydrogen) atoms. The fourth-order valence-electron chi connectivity index (χ4n) is 3.98. The van der Waals surface area contributed by atoms with Crippen LogP contribution in [-0.4, -0.2) is 73.2 Å². The Kier molecular flexibility index (Phi) is 34.1. The molecule has 11 heteroatoms. The van der Waals surface area contributed by atoms with Crippen LogP contribution in [0.15, 0.2) is 159 Å². The van der Waals surface area contributed by atoms with E-state index in [0.29, 0.717) is 0 Å². The van der Waals surface area contributed by atoms with Gasteiger partial charge in [0.15, 0.2) is 0 Å². The molecule has 0 fully saturated rings. The van der Waals surface area contributed by atoms with Crippen molar-refractivity contribution in [1.29, 1.82) is 10.5 Å². The van der Waals surface area contributed by atoms with Crippen molar-refractivity contribution < 1.29 is 26.2 Å². The molecule has 2 aromatic heterocycles. The minimum absolute atomic E-state index is 0. The van der Waals surface area contributed by atoms with Crippen molar-refractivity contribution in [2.24, 2.45) is 0 Å². The first-order valence-electron chi connectivity index (χ1n) is 19.5. The van der Waals surface area contributed by atoms with Gasteiger partial charge in [-0.3, -0.25) is 0 Å². The van der Waals surface area contributed by atoms with E-state index in [9.17, 15) is 0 Å². The third-order valence-corrected chi connectivity index (χ3v) is 9.63. The normalized spacial score (nSPS) is 9.90. The van der Waals surface area contributed by atoms with E-state index in [2.05, 4.69) is 203 Å². The number of nitriles is 2. The van der Waals surface area contributed by atoms with E-state index in [1.165, 1.54) is 31.7 Å². The minimum atomic E-state index is 0. The predicted molar refractivity (Wildman–Crippen MR) is 259 cm³/mol. The molecule has 0 aliphatic carbocycles. The van der Waals surface area contributed by atoms with Gasteiger partial charge in [0.1, 0.15) is 46.9 Å². The first-order chi connectivity index (χ1) is 27.8. The van der Waals surface area contributed by atoms with E-state index >= 15 is 0 Å². The van der Waals surface area contributed by atoms with Crippen molar-refractivity contribution in [2.75, 3.05) is 0 Å². The maximum atomic E-state index is 7.32. The van der Waals surface area contributed by atoms with Crippen LogP contribution in [-0.2, 0) is 39.2 Å². The van der Waals surface area contributed by atoms with Crippen LogP contribution in [0.2, 0.25) is 0 Å². The zero-order valence-electron chi connectivity index (χ0n) is 38.7. The fourth-order valence-corrected chi connectivity index (χ4v) is 5.30. The van der Waals surface area contributed by atoms with Crippen LogP contribution < -0.4 is 27.0 Å². The molecule has 0 atom stereocenters. The Bertz CT molecular complexity index is 1730. The van der Waals surface area contributed by atoms with Gasteiger partial charge in [-0.25, -0.2) is 18.3 Å². The SMILES string of the molecule is CC#N.CC#N.CC(C)(C)n1cc[n+](C(C)(C)C)c1.CC(C)(C)n1cc[n+](C(C)(C)C)c1.[Fe+2].[Se-]c1ccccc1.[Se-]c1ccccc1.[Se-]c1ccccc1.[Se-]c1ccccc1. The molecule has 0 aliphatic heterocycles. The van der Waals surface area contributed by atoms with Gasteiger partial charge in [0.2, 0.25) is 12.7 Å². The molecule has 330 valence electrons. The molecule has 0 unspecified atom stereocenters. The monoisotopic (exact) mass is 1130 g/mol. The van der Waals surface area contributed by atoms with E-state index in [0.717, 1.165) is 0 Å². The summed E-state index contributed by atoms with van der Waals surface area (Å²) in [6, 6.07) is 43.8. The molecule has 0 saturated carbocycles. The van der Waals surface area contributed by atoms with Crippen LogP contribution in [0.4, 0.5) is 0 Å². The first-order valence-corrected chi connectivity index (χ1v) is 23.0. The van der Waals surface area contributed by atoms with Crippen molar-refractivity contribution in [3.05, 3.63) is 159 Å². The third kappa shape index (κ3) is 34.1. The molecule has 6 rings (SSSR count). The predicted octanol–water partition coefficient (Wildman–Crippen LogP) is 7.55. The quantitative estimate of drug-likeness (QED) is 0.117. The molecule has 0 aliphatic rings. The Morgan fingerprint density at radius 3 is 0.672 bits per heavy atom. The van der Waals surface area contributed by atoms with Gasteiger partial charge in [-0.2, -0.15) is 10.5 Å². The number of hydrogen-bond acceptors (Lipinski definition) is 2. The topological polar surface area (TPSA) is 65.2 Å². The van der Waals surface area contributed by atoms with E-state index in [1.807, 2.05) is 121 Å². The number of aromatic nitrogens is 4. The molecule has 0 N–H and O–H groups in total. The van der Waals surface area contributed by atoms with Crippen LogP contribution in [0.25, 0.3) is 0 Å². The fraction of sp³-hybridized carbons (Fsp3) is 0.360. The molecule has 0 spiro atoms. The van der Waals surface area contributed by atoms with Crippen LogP contribution >= 0.6 is 0 Å². The van der Waals surface area contributed by atoms with Crippen LogP contribution in [0, 0.1) is 22.7 Å². The summed E-state index contributed by atoms with van der Waals surface area (Å²) in [7, 11) is 0. The molecular formula is C50H68FeN6Se4.